The number of hydrogen-bond donors (Lipinski definition) is 2. The van der Waals surface area contributed by atoms with Crippen LogP contribution >= 0.6 is 0 Å². The Kier molecular flexibility index (Phi) is 4.74. The highest BCUT2D eigenvalue weighted by atomic mass is 16.2. The molecule has 0 fully saturated rings. The molecular weight excluding hydrogens is 318 g/mol. The van der Waals surface area contributed by atoms with Crippen LogP contribution in [0.1, 0.15) is 16.1 Å². The van der Waals surface area contributed by atoms with Crippen molar-refractivity contribution in [2.45, 2.75) is 6.92 Å². The summed E-state index contributed by atoms with van der Waals surface area (Å²) in [6, 6.07) is 8.88. The summed E-state index contributed by atoms with van der Waals surface area (Å²) in [5.74, 6) is -0.306. The zero-order valence-corrected chi connectivity index (χ0v) is 14.1. The van der Waals surface area contributed by atoms with Crippen molar-refractivity contribution in [3.63, 3.8) is 0 Å². The SMILES string of the molecule is Cc1cnccc1NCCNC(=O)c1nn(C)c(=O)c2ccccc12. The van der Waals surface area contributed by atoms with Gasteiger partial charge in [0.1, 0.15) is 0 Å². The number of carbonyl (C=O) groups is 1. The number of aryl methyl sites for hydroxylation is 2. The standard InChI is InChI=1S/C18H19N5O2/c1-12-11-19-8-7-15(12)20-9-10-21-17(24)16-13-5-3-4-6-14(13)18(25)23(2)22-16/h3-8,11H,9-10H2,1-2H3,(H,19,20)(H,21,24). The second-order valence-corrected chi connectivity index (χ2v) is 5.70. The van der Waals surface area contributed by atoms with Crippen molar-refractivity contribution in [2.75, 3.05) is 18.4 Å². The van der Waals surface area contributed by atoms with Crippen molar-refractivity contribution in [1.82, 2.24) is 20.1 Å². The molecule has 3 rings (SSSR count). The highest BCUT2D eigenvalue weighted by Gasteiger charge is 2.14. The number of nitrogens with one attached hydrogen (secondary N) is 2. The number of hydrogen-bond acceptors (Lipinski definition) is 5. The molecule has 0 aliphatic rings. The van der Waals surface area contributed by atoms with E-state index in [0.717, 1.165) is 11.3 Å². The molecule has 1 aromatic carbocycles. The van der Waals surface area contributed by atoms with Gasteiger partial charge in [-0.3, -0.25) is 14.6 Å². The maximum absolute atomic E-state index is 12.5. The second kappa shape index (κ2) is 7.12. The minimum absolute atomic E-state index is 0.220. The molecule has 0 aliphatic carbocycles. The summed E-state index contributed by atoms with van der Waals surface area (Å²) in [6.07, 6.45) is 3.50. The Morgan fingerprint density at radius 2 is 1.92 bits per heavy atom. The average Bonchev–Trinajstić information content (AvgIpc) is 2.63. The lowest BCUT2D eigenvalue weighted by molar-refractivity contribution is 0.0950. The molecule has 0 bridgehead atoms. The largest absolute Gasteiger partial charge is 0.383 e. The number of benzene rings is 1. The van der Waals surface area contributed by atoms with Crippen molar-refractivity contribution in [1.29, 1.82) is 0 Å². The summed E-state index contributed by atoms with van der Waals surface area (Å²) >= 11 is 0. The van der Waals surface area contributed by atoms with Crippen molar-refractivity contribution in [3.8, 4) is 0 Å². The van der Waals surface area contributed by atoms with Gasteiger partial charge in [0.2, 0.25) is 0 Å². The third kappa shape index (κ3) is 3.50. The molecule has 0 spiro atoms. The lowest BCUT2D eigenvalue weighted by Gasteiger charge is -2.11. The molecule has 2 N–H and O–H groups in total. The van der Waals surface area contributed by atoms with E-state index >= 15 is 0 Å². The fraction of sp³-hybridized carbons (Fsp3) is 0.222. The first-order valence-electron chi connectivity index (χ1n) is 7.96. The van der Waals surface area contributed by atoms with Crippen LogP contribution in [0.15, 0.2) is 47.5 Å². The number of anilines is 1. The summed E-state index contributed by atoms with van der Waals surface area (Å²) in [5, 5.41) is 11.2. The second-order valence-electron chi connectivity index (χ2n) is 5.70. The molecule has 0 radical (unpaired) electrons. The third-order valence-electron chi connectivity index (χ3n) is 3.92. The average molecular weight is 337 g/mol. The number of fused-ring (bicyclic) bond motifs is 1. The van der Waals surface area contributed by atoms with Gasteiger partial charge in [-0.05, 0) is 24.6 Å². The number of rotatable bonds is 5. The van der Waals surface area contributed by atoms with Gasteiger partial charge in [-0.1, -0.05) is 18.2 Å². The zero-order chi connectivity index (χ0) is 17.8. The third-order valence-corrected chi connectivity index (χ3v) is 3.92. The van der Waals surface area contributed by atoms with Gasteiger partial charge in [-0.15, -0.1) is 0 Å². The summed E-state index contributed by atoms with van der Waals surface area (Å²) < 4.78 is 1.19. The van der Waals surface area contributed by atoms with Crippen LogP contribution < -0.4 is 16.2 Å². The van der Waals surface area contributed by atoms with Gasteiger partial charge in [0.15, 0.2) is 5.69 Å². The number of carbonyl (C=O) groups excluding carboxylic acids is 1. The van der Waals surface area contributed by atoms with E-state index in [1.165, 1.54) is 4.68 Å². The van der Waals surface area contributed by atoms with Crippen LogP contribution in [-0.4, -0.2) is 33.8 Å². The summed E-state index contributed by atoms with van der Waals surface area (Å²) in [6.45, 7) is 2.97. The van der Waals surface area contributed by atoms with Crippen LogP contribution in [0.2, 0.25) is 0 Å². The Morgan fingerprint density at radius 3 is 2.68 bits per heavy atom. The molecule has 128 valence electrons. The lowest BCUT2D eigenvalue weighted by atomic mass is 10.1. The van der Waals surface area contributed by atoms with E-state index in [9.17, 15) is 9.59 Å². The Balaban J connectivity index is 1.70. The molecule has 0 unspecified atom stereocenters. The van der Waals surface area contributed by atoms with Gasteiger partial charge in [-0.2, -0.15) is 5.10 Å². The van der Waals surface area contributed by atoms with E-state index < -0.39 is 0 Å². The molecule has 25 heavy (non-hydrogen) atoms. The van der Waals surface area contributed by atoms with Crippen LogP contribution in [0.25, 0.3) is 10.8 Å². The topological polar surface area (TPSA) is 88.9 Å². The summed E-state index contributed by atoms with van der Waals surface area (Å²) in [4.78, 5) is 28.6. The Bertz CT molecular complexity index is 981. The lowest BCUT2D eigenvalue weighted by Crippen LogP contribution is -2.32. The minimum atomic E-state index is -0.306. The Hall–Kier alpha value is -3.22. The molecule has 7 nitrogen and oxygen atoms in total. The molecule has 3 aromatic rings. The molecule has 0 aliphatic heterocycles. The first kappa shape index (κ1) is 16.6. The minimum Gasteiger partial charge on any atom is -0.383 e. The van der Waals surface area contributed by atoms with Crippen LogP contribution in [0.5, 0.6) is 0 Å². The molecule has 0 saturated carbocycles. The fourth-order valence-electron chi connectivity index (χ4n) is 2.60. The van der Waals surface area contributed by atoms with Crippen molar-refractivity contribution < 1.29 is 4.79 Å². The monoisotopic (exact) mass is 337 g/mol. The molecule has 0 atom stereocenters. The van der Waals surface area contributed by atoms with Gasteiger partial charge in [0.05, 0.1) is 5.39 Å². The molecular formula is C18H19N5O2. The van der Waals surface area contributed by atoms with Crippen LogP contribution in [0.3, 0.4) is 0 Å². The smallest absolute Gasteiger partial charge is 0.274 e. The predicted octanol–water partition coefficient (Wildman–Crippen LogP) is 1.48. The highest BCUT2D eigenvalue weighted by molar-refractivity contribution is 6.04. The predicted molar refractivity (Wildman–Crippen MR) is 96.8 cm³/mol. The molecule has 0 saturated heterocycles. The zero-order valence-electron chi connectivity index (χ0n) is 14.1. The highest BCUT2D eigenvalue weighted by Crippen LogP contribution is 2.13. The van der Waals surface area contributed by atoms with Crippen molar-refractivity contribution in [3.05, 3.63) is 64.3 Å². The van der Waals surface area contributed by atoms with Gasteiger partial charge in [0, 0.05) is 43.6 Å². The van der Waals surface area contributed by atoms with Crippen LogP contribution in [0.4, 0.5) is 5.69 Å². The van der Waals surface area contributed by atoms with Gasteiger partial charge < -0.3 is 10.6 Å². The quantitative estimate of drug-likeness (QED) is 0.689. The number of nitrogens with zero attached hydrogens (tertiary/aromatic N) is 3. The number of pyridine rings is 1. The van der Waals surface area contributed by atoms with Gasteiger partial charge in [0.25, 0.3) is 11.5 Å². The van der Waals surface area contributed by atoms with E-state index in [-0.39, 0.29) is 17.2 Å². The van der Waals surface area contributed by atoms with Crippen LogP contribution in [0, 0.1) is 6.92 Å². The first-order valence-corrected chi connectivity index (χ1v) is 7.96. The maximum Gasteiger partial charge on any atom is 0.274 e. The number of amides is 1. The van der Waals surface area contributed by atoms with E-state index in [4.69, 9.17) is 0 Å². The summed E-state index contributed by atoms with van der Waals surface area (Å²) in [5.41, 5.74) is 2.05. The Morgan fingerprint density at radius 1 is 1.16 bits per heavy atom. The van der Waals surface area contributed by atoms with Crippen molar-refractivity contribution >= 4 is 22.4 Å². The molecule has 2 heterocycles. The normalized spacial score (nSPS) is 10.6. The van der Waals surface area contributed by atoms with E-state index in [0.29, 0.717) is 23.9 Å². The van der Waals surface area contributed by atoms with E-state index in [1.807, 2.05) is 13.0 Å². The van der Waals surface area contributed by atoms with E-state index in [2.05, 4.69) is 20.7 Å². The Labute approximate surface area is 144 Å². The van der Waals surface area contributed by atoms with Crippen LogP contribution in [-0.2, 0) is 7.05 Å². The summed E-state index contributed by atoms with van der Waals surface area (Å²) in [7, 11) is 1.54. The number of aromatic nitrogens is 3. The first-order chi connectivity index (χ1) is 12.1. The van der Waals surface area contributed by atoms with E-state index in [1.54, 1.807) is 43.7 Å². The van der Waals surface area contributed by atoms with Gasteiger partial charge >= 0.3 is 0 Å². The van der Waals surface area contributed by atoms with Gasteiger partial charge in [-0.25, -0.2) is 4.68 Å². The molecule has 1 amide bonds. The molecule has 7 heteroatoms. The van der Waals surface area contributed by atoms with Crippen molar-refractivity contribution in [2.24, 2.45) is 7.05 Å². The fourth-order valence-corrected chi connectivity index (χ4v) is 2.60. The molecule has 2 aromatic heterocycles. The maximum atomic E-state index is 12.5.